The average Bonchev–Trinajstić information content (AvgIpc) is 2.95. The number of carbonyl (C=O) groups is 3. The lowest BCUT2D eigenvalue weighted by Crippen LogP contribution is -2.30. The second-order valence-corrected chi connectivity index (χ2v) is 8.46. The summed E-state index contributed by atoms with van der Waals surface area (Å²) in [6.45, 7) is 3.97. The van der Waals surface area contributed by atoms with E-state index >= 15 is 0 Å². The number of carbonyl (C=O) groups excluding carboxylic acids is 3. The summed E-state index contributed by atoms with van der Waals surface area (Å²) in [4.78, 5) is 39.5. The Morgan fingerprint density at radius 3 is 2.45 bits per heavy atom. The number of rotatable bonds is 3. The fourth-order valence-corrected chi connectivity index (χ4v) is 4.52. The summed E-state index contributed by atoms with van der Waals surface area (Å²) in [5.74, 6) is -0.443. The molecule has 3 amide bonds. The van der Waals surface area contributed by atoms with Crippen LogP contribution in [-0.4, -0.2) is 17.7 Å². The minimum atomic E-state index is -0.275. The molecule has 1 saturated carbocycles. The Kier molecular flexibility index (Phi) is 5.17. The Hall–Kier alpha value is -2.66. The van der Waals surface area contributed by atoms with E-state index in [2.05, 4.69) is 12.2 Å². The first kappa shape index (κ1) is 19.6. The molecular weight excluding hydrogens is 388 g/mol. The molecule has 150 valence electrons. The molecule has 0 unspecified atom stereocenters. The molecule has 0 radical (unpaired) electrons. The molecule has 4 rings (SSSR count). The highest BCUT2D eigenvalue weighted by molar-refractivity contribution is 6.31. The van der Waals surface area contributed by atoms with Crippen molar-refractivity contribution in [3.63, 3.8) is 0 Å². The van der Waals surface area contributed by atoms with Crippen molar-refractivity contribution in [3.8, 4) is 0 Å². The summed E-state index contributed by atoms with van der Waals surface area (Å²) in [5.41, 5.74) is 2.41. The Labute approximate surface area is 175 Å². The van der Waals surface area contributed by atoms with E-state index in [0.717, 1.165) is 24.8 Å². The molecule has 0 bridgehead atoms. The van der Waals surface area contributed by atoms with E-state index in [1.165, 1.54) is 4.90 Å². The first-order valence-corrected chi connectivity index (χ1v) is 10.3. The molecule has 5 nitrogen and oxygen atoms in total. The van der Waals surface area contributed by atoms with Gasteiger partial charge in [0.2, 0.25) is 11.8 Å². The Morgan fingerprint density at radius 2 is 1.72 bits per heavy atom. The standard InChI is InChI=1S/C23H23ClN2O3/c1-13-6-11-17-18(12-13)23(29)26(22(17)28)16-9-7-15(8-10-16)21(27)25-20-5-3-4-19(24)14(20)2/h3-5,7-10,13,17-18H,6,11-12H2,1-2H3,(H,25,27)/t13-,17-,18-/m0/s1. The van der Waals surface area contributed by atoms with Gasteiger partial charge in [-0.3, -0.25) is 19.3 Å². The molecule has 2 aromatic rings. The zero-order chi connectivity index (χ0) is 20.7. The fourth-order valence-electron chi connectivity index (χ4n) is 4.34. The van der Waals surface area contributed by atoms with Gasteiger partial charge in [-0.25, -0.2) is 0 Å². The van der Waals surface area contributed by atoms with Crippen molar-refractivity contribution in [2.24, 2.45) is 17.8 Å². The number of nitrogens with one attached hydrogen (secondary N) is 1. The second kappa shape index (κ2) is 7.64. The highest BCUT2D eigenvalue weighted by Gasteiger charge is 2.49. The molecule has 2 fully saturated rings. The lowest BCUT2D eigenvalue weighted by Gasteiger charge is -2.25. The quantitative estimate of drug-likeness (QED) is 0.737. The molecule has 0 aromatic heterocycles. The molecular formula is C23H23ClN2O3. The molecule has 29 heavy (non-hydrogen) atoms. The predicted octanol–water partition coefficient (Wildman–Crippen LogP) is 4.83. The third-order valence-electron chi connectivity index (χ3n) is 6.09. The van der Waals surface area contributed by atoms with Crippen LogP contribution in [0.4, 0.5) is 11.4 Å². The van der Waals surface area contributed by atoms with Crippen LogP contribution >= 0.6 is 11.6 Å². The van der Waals surface area contributed by atoms with Crippen LogP contribution in [0.1, 0.15) is 42.1 Å². The monoisotopic (exact) mass is 410 g/mol. The van der Waals surface area contributed by atoms with Crippen LogP contribution in [0.25, 0.3) is 0 Å². The van der Waals surface area contributed by atoms with Crippen LogP contribution in [0.15, 0.2) is 42.5 Å². The summed E-state index contributed by atoms with van der Waals surface area (Å²) < 4.78 is 0. The average molecular weight is 411 g/mol. The van der Waals surface area contributed by atoms with Gasteiger partial charge in [0.1, 0.15) is 0 Å². The predicted molar refractivity (Wildman–Crippen MR) is 113 cm³/mol. The molecule has 1 aliphatic carbocycles. The fraction of sp³-hybridized carbons (Fsp3) is 0.348. The van der Waals surface area contributed by atoms with Gasteiger partial charge >= 0.3 is 0 Å². The third kappa shape index (κ3) is 3.55. The van der Waals surface area contributed by atoms with Gasteiger partial charge in [0, 0.05) is 16.3 Å². The van der Waals surface area contributed by atoms with Gasteiger partial charge in [-0.1, -0.05) is 24.6 Å². The summed E-state index contributed by atoms with van der Waals surface area (Å²) in [6.07, 6.45) is 2.52. The van der Waals surface area contributed by atoms with E-state index in [9.17, 15) is 14.4 Å². The topological polar surface area (TPSA) is 66.5 Å². The largest absolute Gasteiger partial charge is 0.322 e. The number of benzene rings is 2. The van der Waals surface area contributed by atoms with E-state index in [0.29, 0.717) is 27.9 Å². The maximum absolute atomic E-state index is 12.8. The first-order valence-electron chi connectivity index (χ1n) is 9.91. The molecule has 3 atom stereocenters. The number of amides is 3. The number of fused-ring (bicyclic) bond motifs is 1. The zero-order valence-electron chi connectivity index (χ0n) is 16.4. The van der Waals surface area contributed by atoms with Crippen LogP contribution in [0.5, 0.6) is 0 Å². The van der Waals surface area contributed by atoms with E-state index in [1.54, 1.807) is 42.5 Å². The molecule has 2 aliphatic rings. The van der Waals surface area contributed by atoms with Gasteiger partial charge in [0.15, 0.2) is 0 Å². The van der Waals surface area contributed by atoms with Gasteiger partial charge in [-0.2, -0.15) is 0 Å². The van der Waals surface area contributed by atoms with E-state index < -0.39 is 0 Å². The van der Waals surface area contributed by atoms with Crippen molar-refractivity contribution >= 4 is 40.7 Å². The molecule has 1 saturated heterocycles. The van der Waals surface area contributed by atoms with Crippen molar-refractivity contribution in [2.45, 2.75) is 33.1 Å². The second-order valence-electron chi connectivity index (χ2n) is 8.06. The van der Waals surface area contributed by atoms with Crippen molar-refractivity contribution < 1.29 is 14.4 Å². The van der Waals surface area contributed by atoms with Crippen molar-refractivity contribution in [3.05, 3.63) is 58.6 Å². The smallest absolute Gasteiger partial charge is 0.255 e. The Bertz CT molecular complexity index is 986. The maximum atomic E-state index is 12.8. The molecule has 1 aliphatic heterocycles. The molecule has 0 spiro atoms. The van der Waals surface area contributed by atoms with Gasteiger partial charge < -0.3 is 5.32 Å². The van der Waals surface area contributed by atoms with Crippen LogP contribution in [0.2, 0.25) is 5.02 Å². The van der Waals surface area contributed by atoms with E-state index in [-0.39, 0.29) is 29.6 Å². The van der Waals surface area contributed by atoms with Crippen molar-refractivity contribution in [1.29, 1.82) is 0 Å². The SMILES string of the molecule is Cc1c(Cl)cccc1NC(=O)c1ccc(N2C(=O)[C@H]3CC[C@H](C)C[C@@H]3C2=O)cc1. The lowest BCUT2D eigenvalue weighted by atomic mass is 9.76. The summed E-state index contributed by atoms with van der Waals surface area (Å²) in [6, 6.07) is 11.9. The summed E-state index contributed by atoms with van der Waals surface area (Å²) in [7, 11) is 0. The first-order chi connectivity index (χ1) is 13.9. The van der Waals surface area contributed by atoms with Gasteiger partial charge in [0.05, 0.1) is 17.5 Å². The van der Waals surface area contributed by atoms with Gasteiger partial charge in [-0.05, 0) is 74.1 Å². The van der Waals surface area contributed by atoms with Crippen molar-refractivity contribution in [1.82, 2.24) is 0 Å². The Balaban J connectivity index is 1.52. The van der Waals surface area contributed by atoms with Crippen LogP contribution in [0, 0.1) is 24.7 Å². The highest BCUT2D eigenvalue weighted by atomic mass is 35.5. The van der Waals surface area contributed by atoms with Crippen molar-refractivity contribution in [2.75, 3.05) is 10.2 Å². The van der Waals surface area contributed by atoms with E-state index in [4.69, 9.17) is 11.6 Å². The molecule has 2 aromatic carbocycles. The van der Waals surface area contributed by atoms with Crippen LogP contribution in [-0.2, 0) is 9.59 Å². The maximum Gasteiger partial charge on any atom is 0.255 e. The lowest BCUT2D eigenvalue weighted by molar-refractivity contribution is -0.122. The zero-order valence-corrected chi connectivity index (χ0v) is 17.2. The number of anilines is 2. The molecule has 1 N–H and O–H groups in total. The normalized spacial score (nSPS) is 23.8. The van der Waals surface area contributed by atoms with E-state index in [1.807, 2.05) is 6.92 Å². The number of imide groups is 1. The van der Waals surface area contributed by atoms with Crippen LogP contribution in [0.3, 0.4) is 0 Å². The molecule has 6 heteroatoms. The number of hydrogen-bond acceptors (Lipinski definition) is 3. The highest BCUT2D eigenvalue weighted by Crippen LogP contribution is 2.42. The minimum Gasteiger partial charge on any atom is -0.322 e. The summed E-state index contributed by atoms with van der Waals surface area (Å²) >= 11 is 6.10. The molecule has 1 heterocycles. The number of hydrogen-bond donors (Lipinski definition) is 1. The Morgan fingerprint density at radius 1 is 1.03 bits per heavy atom. The minimum absolute atomic E-state index is 0.112. The van der Waals surface area contributed by atoms with Gasteiger partial charge in [0.25, 0.3) is 5.91 Å². The number of nitrogens with zero attached hydrogens (tertiary/aromatic N) is 1. The summed E-state index contributed by atoms with van der Waals surface area (Å²) in [5, 5.41) is 3.43. The van der Waals surface area contributed by atoms with Gasteiger partial charge in [-0.15, -0.1) is 0 Å². The van der Waals surface area contributed by atoms with Crippen LogP contribution < -0.4 is 10.2 Å². The number of halogens is 1. The third-order valence-corrected chi connectivity index (χ3v) is 6.50.